The lowest BCUT2D eigenvalue weighted by Gasteiger charge is -2.13. The number of amides is 1. The van der Waals surface area contributed by atoms with Gasteiger partial charge in [-0.2, -0.15) is 10.3 Å². The van der Waals surface area contributed by atoms with Gasteiger partial charge in [0.1, 0.15) is 17.1 Å². The smallest absolute Gasteiger partial charge is 0.258 e. The average Bonchev–Trinajstić information content (AvgIpc) is 3.46. The fraction of sp³-hybridized carbons (Fsp3) is 0.217. The lowest BCUT2D eigenvalue weighted by atomic mass is 10.1. The number of rotatable bonds is 5. The molecule has 2 heterocycles. The zero-order valence-electron chi connectivity index (χ0n) is 16.6. The third-order valence-corrected chi connectivity index (χ3v) is 5.40. The number of hydrogen-bond donors (Lipinski definition) is 2. The summed E-state index contributed by atoms with van der Waals surface area (Å²) in [5, 5.41) is 13.2. The number of ether oxygens (including phenoxy) is 1. The number of fused-ring (bicyclic) bond motifs is 1. The highest BCUT2D eigenvalue weighted by Gasteiger charge is 2.17. The van der Waals surface area contributed by atoms with Gasteiger partial charge in [-0.05, 0) is 80.3 Å². The van der Waals surface area contributed by atoms with E-state index in [-0.39, 0.29) is 11.7 Å². The molecule has 0 unspecified atom stereocenters. The normalized spacial score (nSPS) is 14.1. The first kappa shape index (κ1) is 19.2. The molecule has 1 saturated carbocycles. The van der Waals surface area contributed by atoms with Gasteiger partial charge in [0.05, 0.1) is 17.4 Å². The summed E-state index contributed by atoms with van der Waals surface area (Å²) < 4.78 is 20.3. The number of carbonyl (C=O) groups excluding carboxylic acids is 1. The minimum absolute atomic E-state index is 0.0640. The number of halogens is 1. The second-order valence-corrected chi connectivity index (χ2v) is 7.56. The number of benzene rings is 2. The molecule has 7 nitrogen and oxygen atoms in total. The maximum absolute atomic E-state index is 14.4. The maximum atomic E-state index is 14.4. The van der Waals surface area contributed by atoms with Crippen LogP contribution in [0, 0.1) is 5.82 Å². The average molecular weight is 417 g/mol. The molecule has 2 aromatic carbocycles. The Labute approximate surface area is 177 Å². The van der Waals surface area contributed by atoms with Crippen LogP contribution >= 0.6 is 0 Å². The zero-order chi connectivity index (χ0) is 21.2. The topological polar surface area (TPSA) is 92.8 Å². The Hall–Kier alpha value is -3.81. The summed E-state index contributed by atoms with van der Waals surface area (Å²) in [7, 11) is 0. The fourth-order valence-electron chi connectivity index (χ4n) is 3.77. The number of pyridine rings is 1. The Morgan fingerprint density at radius 3 is 2.65 bits per heavy atom. The quantitative estimate of drug-likeness (QED) is 0.490. The minimum atomic E-state index is -0.607. The van der Waals surface area contributed by atoms with Gasteiger partial charge in [-0.3, -0.25) is 4.79 Å². The molecule has 0 bridgehead atoms. The molecule has 2 aromatic heterocycles. The van der Waals surface area contributed by atoms with Crippen LogP contribution in [-0.4, -0.2) is 32.4 Å². The Bertz CT molecular complexity index is 1230. The van der Waals surface area contributed by atoms with Crippen LogP contribution in [0.4, 0.5) is 10.1 Å². The van der Waals surface area contributed by atoms with E-state index in [9.17, 15) is 9.18 Å². The Kier molecular flexibility index (Phi) is 5.03. The molecule has 0 aliphatic heterocycles. The van der Waals surface area contributed by atoms with Crippen molar-refractivity contribution in [3.8, 4) is 17.0 Å². The summed E-state index contributed by atoms with van der Waals surface area (Å²) in [4.78, 5) is 17.1. The van der Waals surface area contributed by atoms with Gasteiger partial charge >= 0.3 is 0 Å². The summed E-state index contributed by atoms with van der Waals surface area (Å²) >= 11 is 0. The number of aromatic nitrogens is 4. The van der Waals surface area contributed by atoms with Crippen LogP contribution < -0.4 is 10.1 Å². The van der Waals surface area contributed by atoms with Gasteiger partial charge in [0.2, 0.25) is 5.65 Å². The third kappa shape index (κ3) is 4.09. The van der Waals surface area contributed by atoms with Gasteiger partial charge in [0.15, 0.2) is 0 Å². The second kappa shape index (κ2) is 8.14. The molecule has 0 spiro atoms. The summed E-state index contributed by atoms with van der Waals surface area (Å²) in [6, 6.07) is 15.0. The molecule has 1 fully saturated rings. The predicted octanol–water partition coefficient (Wildman–Crippen LogP) is 4.73. The van der Waals surface area contributed by atoms with Crippen LogP contribution in [0.5, 0.6) is 5.75 Å². The van der Waals surface area contributed by atoms with Crippen molar-refractivity contribution in [2.24, 2.45) is 0 Å². The number of H-pyrrole nitrogens is 1. The van der Waals surface area contributed by atoms with E-state index in [4.69, 9.17) is 4.74 Å². The number of aromatic amines is 1. The molecular formula is C23H20FN5O2. The van der Waals surface area contributed by atoms with Crippen molar-refractivity contribution in [3.05, 3.63) is 66.0 Å². The van der Waals surface area contributed by atoms with E-state index in [0.717, 1.165) is 18.6 Å². The molecule has 156 valence electrons. The molecular weight excluding hydrogens is 397 g/mol. The summed E-state index contributed by atoms with van der Waals surface area (Å²) in [6.07, 6.45) is 4.82. The monoisotopic (exact) mass is 417 g/mol. The first-order valence-corrected chi connectivity index (χ1v) is 10.2. The molecule has 8 heteroatoms. The number of nitrogens with zero attached hydrogens (tertiary/aromatic N) is 3. The van der Waals surface area contributed by atoms with Crippen LogP contribution in [0.1, 0.15) is 36.0 Å². The van der Waals surface area contributed by atoms with Crippen molar-refractivity contribution in [1.82, 2.24) is 20.4 Å². The molecule has 4 aromatic rings. The highest BCUT2D eigenvalue weighted by molar-refractivity contribution is 6.05. The second-order valence-electron chi connectivity index (χ2n) is 7.56. The lowest BCUT2D eigenvalue weighted by Crippen LogP contribution is -2.14. The van der Waals surface area contributed by atoms with E-state index in [1.807, 2.05) is 12.1 Å². The van der Waals surface area contributed by atoms with Crippen molar-refractivity contribution in [2.45, 2.75) is 31.8 Å². The maximum Gasteiger partial charge on any atom is 0.258 e. The third-order valence-electron chi connectivity index (χ3n) is 5.40. The molecule has 1 amide bonds. The van der Waals surface area contributed by atoms with Crippen molar-refractivity contribution in [1.29, 1.82) is 0 Å². The fourth-order valence-corrected chi connectivity index (χ4v) is 3.77. The molecule has 31 heavy (non-hydrogen) atoms. The summed E-state index contributed by atoms with van der Waals surface area (Å²) in [6.45, 7) is 0. The van der Waals surface area contributed by atoms with Crippen LogP contribution in [-0.2, 0) is 0 Å². The molecule has 1 aliphatic carbocycles. The highest BCUT2D eigenvalue weighted by atomic mass is 19.1. The number of carbonyl (C=O) groups is 1. The highest BCUT2D eigenvalue weighted by Crippen LogP contribution is 2.26. The van der Waals surface area contributed by atoms with Crippen molar-refractivity contribution >= 4 is 22.8 Å². The first-order valence-electron chi connectivity index (χ1n) is 10.2. The molecule has 0 atom stereocenters. The van der Waals surface area contributed by atoms with Crippen molar-refractivity contribution < 1.29 is 13.9 Å². The molecule has 5 rings (SSSR count). The number of hydrogen-bond acceptors (Lipinski definition) is 5. The Morgan fingerprint density at radius 1 is 1.03 bits per heavy atom. The molecule has 2 N–H and O–H groups in total. The minimum Gasteiger partial charge on any atom is -0.490 e. The van der Waals surface area contributed by atoms with Crippen LogP contribution in [0.25, 0.3) is 22.4 Å². The Morgan fingerprint density at radius 2 is 1.84 bits per heavy atom. The van der Waals surface area contributed by atoms with E-state index >= 15 is 0 Å². The predicted molar refractivity (Wildman–Crippen MR) is 114 cm³/mol. The van der Waals surface area contributed by atoms with Crippen LogP contribution in [0.15, 0.2) is 54.6 Å². The van der Waals surface area contributed by atoms with E-state index < -0.39 is 11.7 Å². The summed E-state index contributed by atoms with van der Waals surface area (Å²) in [5.74, 6) is -0.372. The van der Waals surface area contributed by atoms with Crippen LogP contribution in [0.3, 0.4) is 0 Å². The lowest BCUT2D eigenvalue weighted by molar-refractivity contribution is 0.102. The van der Waals surface area contributed by atoms with E-state index in [2.05, 4.69) is 25.7 Å². The van der Waals surface area contributed by atoms with Gasteiger partial charge in [0, 0.05) is 11.3 Å². The number of nitrogens with one attached hydrogen (secondary N) is 2. The number of anilines is 1. The van der Waals surface area contributed by atoms with Gasteiger partial charge in [-0.25, -0.2) is 9.37 Å². The van der Waals surface area contributed by atoms with Gasteiger partial charge in [-0.15, -0.1) is 5.10 Å². The molecule has 0 radical (unpaired) electrons. The SMILES string of the molecule is O=C(Nc1ccc(OC2CCCC2)cc1)c1cc(-c2ccc3n[nH]nc3n2)ccc1F. The Balaban J connectivity index is 1.33. The van der Waals surface area contributed by atoms with Gasteiger partial charge in [-0.1, -0.05) is 0 Å². The first-order chi connectivity index (χ1) is 15.2. The standard InChI is InChI=1S/C23H20FN5O2/c24-19-10-5-14(20-11-12-21-22(26-20)28-29-27-21)13-18(19)23(30)25-15-6-8-17(9-7-15)31-16-3-1-2-4-16/h5-13,16H,1-4H2,(H,25,30)(H,26,27,28,29). The van der Waals surface area contributed by atoms with Crippen LogP contribution in [0.2, 0.25) is 0 Å². The van der Waals surface area contributed by atoms with Crippen molar-refractivity contribution in [2.75, 3.05) is 5.32 Å². The molecule has 0 saturated heterocycles. The van der Waals surface area contributed by atoms with Gasteiger partial charge < -0.3 is 10.1 Å². The van der Waals surface area contributed by atoms with E-state index in [0.29, 0.717) is 28.1 Å². The zero-order valence-corrected chi connectivity index (χ0v) is 16.6. The van der Waals surface area contributed by atoms with Gasteiger partial charge in [0.25, 0.3) is 5.91 Å². The van der Waals surface area contributed by atoms with Crippen molar-refractivity contribution in [3.63, 3.8) is 0 Å². The van der Waals surface area contributed by atoms with E-state index in [1.54, 1.807) is 30.3 Å². The largest absolute Gasteiger partial charge is 0.490 e. The summed E-state index contributed by atoms with van der Waals surface area (Å²) in [5.41, 5.74) is 2.76. The molecule has 1 aliphatic rings. The van der Waals surface area contributed by atoms with E-state index in [1.165, 1.54) is 25.0 Å².